The minimum absolute atomic E-state index is 0.110. The lowest BCUT2D eigenvalue weighted by Crippen LogP contribution is -2.05. The molecule has 0 radical (unpaired) electrons. The van der Waals surface area contributed by atoms with Gasteiger partial charge in [0.15, 0.2) is 0 Å². The molecule has 3 nitrogen and oxygen atoms in total. The Bertz CT molecular complexity index is 679. The number of benzene rings is 2. The quantitative estimate of drug-likeness (QED) is 0.739. The van der Waals surface area contributed by atoms with Crippen molar-refractivity contribution in [2.24, 2.45) is 0 Å². The van der Waals surface area contributed by atoms with Gasteiger partial charge >= 0.3 is 5.97 Å². The zero-order chi connectivity index (χ0) is 15.2. The Morgan fingerprint density at radius 2 is 1.90 bits per heavy atom. The van der Waals surface area contributed by atoms with Crippen LogP contribution >= 0.6 is 0 Å². The summed E-state index contributed by atoms with van der Waals surface area (Å²) in [4.78, 5) is 10.9. The second kappa shape index (κ2) is 6.62. The summed E-state index contributed by atoms with van der Waals surface area (Å²) < 4.78 is 5.35. The smallest absolute Gasteiger partial charge is 0.339 e. The number of aromatic carboxylic acids is 1. The van der Waals surface area contributed by atoms with Gasteiger partial charge in [0.1, 0.15) is 11.3 Å². The molecule has 21 heavy (non-hydrogen) atoms. The van der Waals surface area contributed by atoms with Gasteiger partial charge in [0.05, 0.1) is 12.2 Å². The van der Waals surface area contributed by atoms with E-state index in [1.54, 1.807) is 12.1 Å². The van der Waals surface area contributed by atoms with Crippen molar-refractivity contribution in [1.82, 2.24) is 0 Å². The molecule has 2 aliphatic rings. The SMILES string of the molecule is C#Cc1cccc(C(=O)O)c1OCCC.c1cc2cc-2c1. The number of hydrogen-bond acceptors (Lipinski definition) is 2. The predicted molar refractivity (Wildman–Crippen MR) is 82.6 cm³/mol. The van der Waals surface area contributed by atoms with Crippen LogP contribution in [-0.2, 0) is 0 Å². The van der Waals surface area contributed by atoms with E-state index in [-0.39, 0.29) is 11.3 Å². The Hall–Kier alpha value is -2.73. The molecule has 106 valence electrons. The van der Waals surface area contributed by atoms with Crippen molar-refractivity contribution in [1.29, 1.82) is 0 Å². The van der Waals surface area contributed by atoms with E-state index in [0.717, 1.165) is 6.42 Å². The summed E-state index contributed by atoms with van der Waals surface area (Å²) in [5.41, 5.74) is 3.44. The van der Waals surface area contributed by atoms with Gasteiger partial charge in [0.2, 0.25) is 0 Å². The maximum atomic E-state index is 10.9. The second-order valence-corrected chi connectivity index (χ2v) is 4.56. The van der Waals surface area contributed by atoms with Crippen LogP contribution in [0.4, 0.5) is 0 Å². The fourth-order valence-electron chi connectivity index (χ4n) is 1.85. The third-order valence-electron chi connectivity index (χ3n) is 2.96. The van der Waals surface area contributed by atoms with Crippen LogP contribution < -0.4 is 4.74 Å². The van der Waals surface area contributed by atoms with Gasteiger partial charge in [-0.1, -0.05) is 37.1 Å². The Kier molecular flexibility index (Phi) is 4.63. The summed E-state index contributed by atoms with van der Waals surface area (Å²) in [5, 5.41) is 8.94. The van der Waals surface area contributed by atoms with Crippen LogP contribution in [0, 0.1) is 12.3 Å². The van der Waals surface area contributed by atoms with E-state index in [9.17, 15) is 4.79 Å². The molecule has 0 bridgehead atoms. The molecule has 0 heterocycles. The zero-order valence-electron chi connectivity index (χ0n) is 11.8. The van der Waals surface area contributed by atoms with E-state index in [2.05, 4.69) is 30.2 Å². The maximum Gasteiger partial charge on any atom is 0.339 e. The van der Waals surface area contributed by atoms with Gasteiger partial charge in [0.25, 0.3) is 0 Å². The van der Waals surface area contributed by atoms with Crippen LogP contribution in [-0.4, -0.2) is 17.7 Å². The number of terminal acetylenes is 1. The fraction of sp³-hybridized carbons (Fsp3) is 0.167. The molecule has 3 rings (SSSR count). The Balaban J connectivity index is 0.000000218. The first-order valence-electron chi connectivity index (χ1n) is 6.73. The molecule has 1 aromatic rings. The topological polar surface area (TPSA) is 46.5 Å². The van der Waals surface area contributed by atoms with Crippen molar-refractivity contribution in [2.45, 2.75) is 13.3 Å². The highest BCUT2D eigenvalue weighted by Gasteiger charge is 2.13. The number of carboxylic acid groups (broad SMARTS) is 1. The van der Waals surface area contributed by atoms with Gasteiger partial charge < -0.3 is 9.84 Å². The van der Waals surface area contributed by atoms with E-state index in [4.69, 9.17) is 16.3 Å². The zero-order valence-corrected chi connectivity index (χ0v) is 11.8. The molecule has 1 N–H and O–H groups in total. The van der Waals surface area contributed by atoms with E-state index in [1.165, 1.54) is 17.2 Å². The van der Waals surface area contributed by atoms with Crippen molar-refractivity contribution >= 4 is 5.97 Å². The summed E-state index contributed by atoms with van der Waals surface area (Å²) in [5.74, 6) is 1.67. The van der Waals surface area contributed by atoms with Gasteiger partial charge in [-0.15, -0.1) is 6.42 Å². The molecule has 1 aromatic carbocycles. The van der Waals surface area contributed by atoms with Crippen molar-refractivity contribution in [2.75, 3.05) is 6.61 Å². The van der Waals surface area contributed by atoms with Crippen molar-refractivity contribution in [3.05, 3.63) is 53.6 Å². The first kappa shape index (κ1) is 14.7. The molecular formula is C18H16O3. The molecule has 0 aliphatic heterocycles. The minimum Gasteiger partial charge on any atom is -0.491 e. The first-order valence-corrected chi connectivity index (χ1v) is 6.73. The van der Waals surface area contributed by atoms with Gasteiger partial charge in [-0.2, -0.15) is 0 Å². The highest BCUT2D eigenvalue weighted by molar-refractivity contribution is 5.91. The lowest BCUT2D eigenvalue weighted by Gasteiger charge is -2.09. The van der Waals surface area contributed by atoms with Crippen LogP contribution in [0.25, 0.3) is 11.1 Å². The van der Waals surface area contributed by atoms with Crippen LogP contribution in [0.2, 0.25) is 0 Å². The molecule has 0 amide bonds. The molecule has 0 spiro atoms. The number of carbonyl (C=O) groups is 1. The normalized spacial score (nSPS) is 9.90. The summed E-state index contributed by atoms with van der Waals surface area (Å²) in [6.45, 7) is 2.40. The third kappa shape index (κ3) is 3.64. The largest absolute Gasteiger partial charge is 0.491 e. The van der Waals surface area contributed by atoms with Gasteiger partial charge in [-0.3, -0.25) is 0 Å². The highest BCUT2D eigenvalue weighted by atomic mass is 16.5. The van der Waals surface area contributed by atoms with E-state index >= 15 is 0 Å². The number of carboxylic acids is 1. The molecule has 0 atom stereocenters. The van der Waals surface area contributed by atoms with E-state index in [0.29, 0.717) is 12.2 Å². The Morgan fingerprint density at radius 3 is 2.33 bits per heavy atom. The van der Waals surface area contributed by atoms with Gasteiger partial charge in [0, 0.05) is 0 Å². The molecule has 0 saturated heterocycles. The average Bonchev–Trinajstić information content (AvgIpc) is 3.11. The number of rotatable bonds is 4. The molecule has 0 saturated carbocycles. The summed E-state index contributed by atoms with van der Waals surface area (Å²) in [6.07, 6.45) is 6.07. The van der Waals surface area contributed by atoms with E-state index < -0.39 is 5.97 Å². The van der Waals surface area contributed by atoms with Crippen molar-refractivity contribution in [3.8, 4) is 29.2 Å². The van der Waals surface area contributed by atoms with Crippen LogP contribution in [0.3, 0.4) is 0 Å². The molecule has 0 fully saturated rings. The second-order valence-electron chi connectivity index (χ2n) is 4.56. The Labute approximate surface area is 124 Å². The molecule has 3 heteroatoms. The molecule has 0 unspecified atom stereocenters. The van der Waals surface area contributed by atoms with Gasteiger partial charge in [-0.25, -0.2) is 4.79 Å². The number of ether oxygens (including phenoxy) is 1. The monoisotopic (exact) mass is 280 g/mol. The van der Waals surface area contributed by atoms with Crippen molar-refractivity contribution < 1.29 is 14.6 Å². The average molecular weight is 280 g/mol. The minimum atomic E-state index is -1.03. The lowest BCUT2D eigenvalue weighted by molar-refractivity contribution is 0.0692. The lowest BCUT2D eigenvalue weighted by atomic mass is 10.1. The molecule has 2 aliphatic carbocycles. The van der Waals surface area contributed by atoms with Crippen LogP contribution in [0.1, 0.15) is 29.3 Å². The number of hydrogen-bond donors (Lipinski definition) is 1. The fourth-order valence-corrected chi connectivity index (χ4v) is 1.85. The third-order valence-corrected chi connectivity index (χ3v) is 2.96. The van der Waals surface area contributed by atoms with Gasteiger partial charge in [-0.05, 0) is 35.7 Å². The predicted octanol–water partition coefficient (Wildman–Crippen LogP) is 3.82. The maximum absolute atomic E-state index is 10.9. The molecule has 0 aromatic heterocycles. The number of para-hydroxylation sites is 1. The van der Waals surface area contributed by atoms with Crippen LogP contribution in [0.5, 0.6) is 5.75 Å². The highest BCUT2D eigenvalue weighted by Crippen LogP contribution is 2.32. The van der Waals surface area contributed by atoms with E-state index in [1.807, 2.05) is 6.92 Å². The molecular weight excluding hydrogens is 264 g/mol. The summed E-state index contributed by atoms with van der Waals surface area (Å²) in [6, 6.07) is 13.2. The first-order chi connectivity index (χ1) is 10.2. The summed E-state index contributed by atoms with van der Waals surface area (Å²) >= 11 is 0. The van der Waals surface area contributed by atoms with Crippen molar-refractivity contribution in [3.63, 3.8) is 0 Å². The standard InChI is InChI=1S/C12H12O3.C6H4/c1-3-8-15-11-9(4-2)6-5-7-10(11)12(13)14;1-2-5-4-6(5)3-1/h2,5-7H,3,8H2,1H3,(H,13,14);1-4H. The number of fused-ring (bicyclic) bond motifs is 1. The van der Waals surface area contributed by atoms with Crippen LogP contribution in [0.15, 0.2) is 42.5 Å². The summed E-state index contributed by atoms with van der Waals surface area (Å²) in [7, 11) is 0. The Morgan fingerprint density at radius 1 is 1.24 bits per heavy atom.